The van der Waals surface area contributed by atoms with Crippen molar-refractivity contribution < 1.29 is 9.72 Å². The minimum Gasteiger partial charge on any atom is -0.342 e. The van der Waals surface area contributed by atoms with Crippen LogP contribution in [0.25, 0.3) is 0 Å². The standard InChI is InChI=1S/C20H21N3O4/c24-19(9-6-14-4-2-1-3-5-14)21-11-15-10-16(13-21)17-7-8-18(23(26)27)20(25)22(17)12-15/h1-5,7-8,15-16H,6,9-13H2/t15-,16-/m1/s1. The summed E-state index contributed by atoms with van der Waals surface area (Å²) in [6, 6.07) is 12.9. The van der Waals surface area contributed by atoms with Crippen LogP contribution in [0.5, 0.6) is 0 Å². The van der Waals surface area contributed by atoms with E-state index in [-0.39, 0.29) is 23.4 Å². The zero-order valence-corrected chi connectivity index (χ0v) is 14.9. The van der Waals surface area contributed by atoms with Gasteiger partial charge in [0.2, 0.25) is 5.91 Å². The van der Waals surface area contributed by atoms with E-state index in [1.807, 2.05) is 35.2 Å². The van der Waals surface area contributed by atoms with E-state index in [9.17, 15) is 19.7 Å². The quantitative estimate of drug-likeness (QED) is 0.613. The molecule has 0 spiro atoms. The summed E-state index contributed by atoms with van der Waals surface area (Å²) in [6.07, 6.45) is 2.10. The zero-order valence-electron chi connectivity index (χ0n) is 14.9. The summed E-state index contributed by atoms with van der Waals surface area (Å²) in [5.74, 6) is 0.356. The molecule has 2 bridgehead atoms. The predicted molar refractivity (Wildman–Crippen MR) is 99.5 cm³/mol. The van der Waals surface area contributed by atoms with Gasteiger partial charge in [0.25, 0.3) is 0 Å². The first kappa shape index (κ1) is 17.5. The number of aromatic nitrogens is 1. The van der Waals surface area contributed by atoms with Crippen molar-refractivity contribution in [2.75, 3.05) is 13.1 Å². The molecule has 27 heavy (non-hydrogen) atoms. The maximum atomic E-state index is 12.7. The van der Waals surface area contributed by atoms with Crippen LogP contribution in [0.4, 0.5) is 5.69 Å². The van der Waals surface area contributed by atoms with Crippen molar-refractivity contribution in [3.05, 3.63) is 74.2 Å². The first-order valence-electron chi connectivity index (χ1n) is 9.22. The first-order valence-corrected chi connectivity index (χ1v) is 9.22. The number of amides is 1. The molecule has 2 aliphatic rings. The minimum atomic E-state index is -0.626. The fraction of sp³-hybridized carbons (Fsp3) is 0.400. The Kier molecular flexibility index (Phi) is 4.51. The largest absolute Gasteiger partial charge is 0.342 e. The lowest BCUT2D eigenvalue weighted by atomic mass is 9.83. The van der Waals surface area contributed by atoms with Gasteiger partial charge in [-0.05, 0) is 30.4 Å². The molecule has 140 valence electrons. The van der Waals surface area contributed by atoms with Gasteiger partial charge in [0.05, 0.1) is 4.92 Å². The number of carbonyl (C=O) groups is 1. The van der Waals surface area contributed by atoms with E-state index < -0.39 is 10.5 Å². The van der Waals surface area contributed by atoms with Crippen molar-refractivity contribution in [3.63, 3.8) is 0 Å². The molecule has 1 saturated heterocycles. The van der Waals surface area contributed by atoms with Crippen molar-refractivity contribution in [2.24, 2.45) is 5.92 Å². The van der Waals surface area contributed by atoms with Crippen LogP contribution in [0.15, 0.2) is 47.3 Å². The van der Waals surface area contributed by atoms with Gasteiger partial charge in [0.15, 0.2) is 0 Å². The van der Waals surface area contributed by atoms with Crippen LogP contribution in [0, 0.1) is 16.0 Å². The van der Waals surface area contributed by atoms with Gasteiger partial charge in [-0.15, -0.1) is 0 Å². The molecule has 1 aromatic heterocycles. The van der Waals surface area contributed by atoms with E-state index in [4.69, 9.17) is 0 Å². The zero-order chi connectivity index (χ0) is 19.0. The number of carbonyl (C=O) groups excluding carboxylic acids is 1. The average Bonchev–Trinajstić information content (AvgIpc) is 2.67. The third-order valence-corrected chi connectivity index (χ3v) is 5.60. The van der Waals surface area contributed by atoms with E-state index in [0.29, 0.717) is 32.5 Å². The van der Waals surface area contributed by atoms with Gasteiger partial charge in [-0.2, -0.15) is 0 Å². The Balaban J connectivity index is 1.49. The molecule has 0 N–H and O–H groups in total. The molecule has 0 radical (unpaired) electrons. The molecule has 1 amide bonds. The highest BCUT2D eigenvalue weighted by molar-refractivity contribution is 5.76. The van der Waals surface area contributed by atoms with E-state index in [0.717, 1.165) is 17.7 Å². The molecule has 0 aliphatic carbocycles. The Morgan fingerprint density at radius 1 is 1.11 bits per heavy atom. The van der Waals surface area contributed by atoms with Crippen LogP contribution in [-0.2, 0) is 17.8 Å². The number of piperidine rings is 1. The molecule has 4 rings (SSSR count). The van der Waals surface area contributed by atoms with Crippen molar-refractivity contribution in [1.82, 2.24) is 9.47 Å². The Labute approximate surface area is 156 Å². The van der Waals surface area contributed by atoms with E-state index >= 15 is 0 Å². The number of hydrogen-bond donors (Lipinski definition) is 0. The predicted octanol–water partition coefficient (Wildman–Crippen LogP) is 2.34. The second-order valence-corrected chi connectivity index (χ2v) is 7.40. The molecule has 2 aromatic rings. The molecular weight excluding hydrogens is 346 g/mol. The summed E-state index contributed by atoms with van der Waals surface area (Å²) >= 11 is 0. The fourth-order valence-corrected chi connectivity index (χ4v) is 4.33. The third kappa shape index (κ3) is 3.37. The molecule has 7 nitrogen and oxygen atoms in total. The normalized spacial score (nSPS) is 20.8. The molecule has 0 saturated carbocycles. The number of likely N-dealkylation sites (tertiary alicyclic amines) is 1. The molecule has 2 aliphatic heterocycles. The number of hydrogen-bond acceptors (Lipinski definition) is 4. The monoisotopic (exact) mass is 367 g/mol. The number of pyridine rings is 1. The van der Waals surface area contributed by atoms with Crippen LogP contribution in [0.1, 0.15) is 30.0 Å². The number of nitro groups is 1. The van der Waals surface area contributed by atoms with Crippen LogP contribution in [0.3, 0.4) is 0 Å². The first-order chi connectivity index (χ1) is 13.0. The Hall–Kier alpha value is -2.96. The summed E-state index contributed by atoms with van der Waals surface area (Å²) < 4.78 is 1.54. The number of aryl methyl sites for hydroxylation is 1. The Morgan fingerprint density at radius 2 is 1.89 bits per heavy atom. The smallest absolute Gasteiger partial charge is 0.334 e. The highest BCUT2D eigenvalue weighted by atomic mass is 16.6. The van der Waals surface area contributed by atoms with Crippen molar-refractivity contribution in [3.8, 4) is 0 Å². The van der Waals surface area contributed by atoms with Crippen LogP contribution in [0.2, 0.25) is 0 Å². The van der Waals surface area contributed by atoms with Crippen molar-refractivity contribution in [1.29, 1.82) is 0 Å². The third-order valence-electron chi connectivity index (χ3n) is 5.60. The van der Waals surface area contributed by atoms with Gasteiger partial charge in [0, 0.05) is 43.7 Å². The minimum absolute atomic E-state index is 0.0617. The lowest BCUT2D eigenvalue weighted by Gasteiger charge is -2.42. The number of benzene rings is 1. The van der Waals surface area contributed by atoms with Gasteiger partial charge in [-0.25, -0.2) is 0 Å². The maximum Gasteiger partial charge on any atom is 0.334 e. The molecule has 1 aromatic carbocycles. The highest BCUT2D eigenvalue weighted by Gasteiger charge is 2.37. The molecule has 0 unspecified atom stereocenters. The van der Waals surface area contributed by atoms with Gasteiger partial charge in [-0.1, -0.05) is 30.3 Å². The SMILES string of the molecule is O=C(CCc1ccccc1)N1C[C@H]2C[C@H](C1)c1ccc([N+](=O)[O-])c(=O)n1C2. The van der Waals surface area contributed by atoms with E-state index in [1.165, 1.54) is 6.07 Å². The summed E-state index contributed by atoms with van der Waals surface area (Å²) in [7, 11) is 0. The molecule has 1 fully saturated rings. The summed E-state index contributed by atoms with van der Waals surface area (Å²) in [5.41, 5.74) is 1.04. The number of nitrogens with zero attached hydrogens (tertiary/aromatic N) is 3. The molecule has 7 heteroatoms. The maximum absolute atomic E-state index is 12.7. The lowest BCUT2D eigenvalue weighted by molar-refractivity contribution is -0.386. The number of fused-ring (bicyclic) bond motifs is 4. The van der Waals surface area contributed by atoms with Gasteiger partial charge in [0.1, 0.15) is 0 Å². The van der Waals surface area contributed by atoms with Crippen molar-refractivity contribution >= 4 is 11.6 Å². The van der Waals surface area contributed by atoms with E-state index in [1.54, 1.807) is 10.6 Å². The average molecular weight is 367 g/mol. The summed E-state index contributed by atoms with van der Waals surface area (Å²) in [4.78, 5) is 37.4. The Bertz CT molecular complexity index is 938. The highest BCUT2D eigenvalue weighted by Crippen LogP contribution is 2.35. The van der Waals surface area contributed by atoms with Crippen LogP contribution < -0.4 is 5.56 Å². The lowest BCUT2D eigenvalue weighted by Crippen LogP contribution is -2.49. The second kappa shape index (κ2) is 6.98. The number of rotatable bonds is 4. The van der Waals surface area contributed by atoms with Crippen molar-refractivity contribution in [2.45, 2.75) is 31.7 Å². The van der Waals surface area contributed by atoms with Gasteiger partial charge >= 0.3 is 11.2 Å². The van der Waals surface area contributed by atoms with Gasteiger partial charge < -0.3 is 9.47 Å². The fourth-order valence-electron chi connectivity index (χ4n) is 4.33. The molecular formula is C20H21N3O4. The summed E-state index contributed by atoms with van der Waals surface area (Å²) in [5, 5.41) is 11.0. The van der Waals surface area contributed by atoms with E-state index in [2.05, 4.69) is 0 Å². The molecule has 2 atom stereocenters. The second-order valence-electron chi connectivity index (χ2n) is 7.40. The Morgan fingerprint density at radius 3 is 2.63 bits per heavy atom. The van der Waals surface area contributed by atoms with Gasteiger partial charge in [-0.3, -0.25) is 19.7 Å². The topological polar surface area (TPSA) is 85.5 Å². The van der Waals surface area contributed by atoms with Crippen LogP contribution in [-0.4, -0.2) is 33.4 Å². The van der Waals surface area contributed by atoms with Crippen LogP contribution >= 0.6 is 0 Å². The molecule has 3 heterocycles. The summed E-state index contributed by atoms with van der Waals surface area (Å²) in [6.45, 7) is 1.62.